The van der Waals surface area contributed by atoms with E-state index in [2.05, 4.69) is 10.6 Å². The molecule has 10 nitrogen and oxygen atoms in total. The zero-order chi connectivity index (χ0) is 24.5. The second-order valence-electron chi connectivity index (χ2n) is 8.86. The molecule has 0 aromatic heterocycles. The van der Waals surface area contributed by atoms with E-state index in [1.54, 1.807) is 12.1 Å². The lowest BCUT2D eigenvalue weighted by Gasteiger charge is -2.34. The van der Waals surface area contributed by atoms with Gasteiger partial charge in [0.2, 0.25) is 5.91 Å². The van der Waals surface area contributed by atoms with E-state index in [1.165, 1.54) is 24.1 Å². The predicted octanol–water partition coefficient (Wildman–Crippen LogP) is 2.00. The first-order valence-corrected chi connectivity index (χ1v) is 11.9. The molecule has 1 aliphatic heterocycles. The molecule has 34 heavy (non-hydrogen) atoms. The number of nitrogens with zero attached hydrogens (tertiary/aromatic N) is 1. The third-order valence-corrected chi connectivity index (χ3v) is 6.45. The fourth-order valence-corrected chi connectivity index (χ4v) is 4.76. The number of hydrogen-bond acceptors (Lipinski definition) is 7. The van der Waals surface area contributed by atoms with Crippen LogP contribution in [-0.4, -0.2) is 78.1 Å². The zero-order valence-corrected chi connectivity index (χ0v) is 19.6. The summed E-state index contributed by atoms with van der Waals surface area (Å²) in [7, 11) is 1.28. The smallest absolute Gasteiger partial charge is 0.328 e. The molecule has 10 heteroatoms. The molecular weight excluding hydrogens is 442 g/mol. The summed E-state index contributed by atoms with van der Waals surface area (Å²) < 4.78 is 10.7. The largest absolute Gasteiger partial charge is 0.508 e. The second-order valence-corrected chi connectivity index (χ2v) is 8.86. The summed E-state index contributed by atoms with van der Waals surface area (Å²) >= 11 is 0. The van der Waals surface area contributed by atoms with Crippen LogP contribution in [0, 0.1) is 5.92 Å². The van der Waals surface area contributed by atoms with Crippen molar-refractivity contribution >= 4 is 23.6 Å². The number of nitrogens with one attached hydrogen (secondary N) is 2. The molecule has 3 atom stereocenters. The van der Waals surface area contributed by atoms with Crippen molar-refractivity contribution in [3.63, 3.8) is 0 Å². The third kappa shape index (κ3) is 6.83. The lowest BCUT2D eigenvalue weighted by molar-refractivity contribution is -0.152. The third-order valence-electron chi connectivity index (χ3n) is 6.45. The summed E-state index contributed by atoms with van der Waals surface area (Å²) in [6.07, 6.45) is 5.04. The summed E-state index contributed by atoms with van der Waals surface area (Å²) in [5, 5.41) is 24.1. The van der Waals surface area contributed by atoms with Crippen LogP contribution in [0.5, 0.6) is 5.75 Å². The van der Waals surface area contributed by atoms with Gasteiger partial charge >= 0.3 is 12.0 Å². The average Bonchev–Trinajstić information content (AvgIpc) is 3.26. The number of aliphatic hydroxyl groups is 1. The van der Waals surface area contributed by atoms with Crippen LogP contribution >= 0.6 is 0 Å². The lowest BCUT2D eigenvalue weighted by Crippen LogP contribution is -2.56. The number of benzene rings is 1. The minimum atomic E-state index is -0.805. The van der Waals surface area contributed by atoms with Gasteiger partial charge in [-0.15, -0.1) is 0 Å². The Bertz CT molecular complexity index is 844. The highest BCUT2D eigenvalue weighted by Crippen LogP contribution is 2.30. The van der Waals surface area contributed by atoms with E-state index in [1.807, 2.05) is 0 Å². The van der Waals surface area contributed by atoms with Crippen LogP contribution in [0.15, 0.2) is 24.3 Å². The highest BCUT2D eigenvalue weighted by Gasteiger charge is 2.44. The minimum Gasteiger partial charge on any atom is -0.508 e. The van der Waals surface area contributed by atoms with Crippen LogP contribution in [0.4, 0.5) is 10.5 Å². The number of methoxy groups -OCH3 is 1. The maximum atomic E-state index is 13.7. The Labute approximate surface area is 199 Å². The molecule has 0 spiro atoms. The summed E-state index contributed by atoms with van der Waals surface area (Å²) in [5.74, 6) is -0.887. The second kappa shape index (κ2) is 12.6. The van der Waals surface area contributed by atoms with E-state index in [4.69, 9.17) is 14.6 Å². The normalized spacial score (nSPS) is 21.6. The van der Waals surface area contributed by atoms with Crippen molar-refractivity contribution in [3.8, 4) is 5.75 Å². The van der Waals surface area contributed by atoms with Gasteiger partial charge < -0.3 is 35.2 Å². The molecule has 3 rings (SSSR count). The number of carbonyl (C=O) groups is 3. The maximum Gasteiger partial charge on any atom is 0.328 e. The van der Waals surface area contributed by atoms with Gasteiger partial charge in [-0.05, 0) is 37.3 Å². The van der Waals surface area contributed by atoms with E-state index < -0.39 is 24.1 Å². The predicted molar refractivity (Wildman–Crippen MR) is 124 cm³/mol. The number of phenols is 1. The fourth-order valence-electron chi connectivity index (χ4n) is 4.76. The summed E-state index contributed by atoms with van der Waals surface area (Å²) in [5.41, 5.74) is 0.401. The van der Waals surface area contributed by atoms with Gasteiger partial charge in [-0.25, -0.2) is 9.59 Å². The van der Waals surface area contributed by atoms with Crippen LogP contribution in [0.3, 0.4) is 0 Å². The van der Waals surface area contributed by atoms with Gasteiger partial charge in [-0.3, -0.25) is 4.79 Å². The average molecular weight is 478 g/mol. The number of amides is 3. The molecule has 3 unspecified atom stereocenters. The number of carbonyl (C=O) groups excluding carboxylic acids is 3. The number of aromatic hydroxyl groups is 1. The van der Waals surface area contributed by atoms with Crippen LogP contribution in [-0.2, 0) is 19.1 Å². The molecule has 0 bridgehead atoms. The molecule has 0 radical (unpaired) electrons. The van der Waals surface area contributed by atoms with E-state index in [0.29, 0.717) is 25.1 Å². The van der Waals surface area contributed by atoms with Gasteiger partial charge in [0.1, 0.15) is 17.8 Å². The molecule has 1 heterocycles. The Hall–Kier alpha value is -2.85. The summed E-state index contributed by atoms with van der Waals surface area (Å²) in [6.45, 7) is 0.536. The minimum absolute atomic E-state index is 0.00221. The maximum absolute atomic E-state index is 13.7. The molecule has 2 aliphatic rings. The number of likely N-dealkylation sites (tertiary alicyclic amines) is 1. The SMILES string of the molecule is COC(=O)C1CC(OCCCO)CN1C(=O)C(NC(=O)Nc1cccc(O)c1)C1CCCCC1. The molecule has 3 amide bonds. The van der Waals surface area contributed by atoms with E-state index in [0.717, 1.165) is 32.1 Å². The van der Waals surface area contributed by atoms with Crippen molar-refractivity contribution in [1.29, 1.82) is 0 Å². The van der Waals surface area contributed by atoms with Gasteiger partial charge in [-0.2, -0.15) is 0 Å². The first kappa shape index (κ1) is 25.8. The Morgan fingerprint density at radius 2 is 1.97 bits per heavy atom. The molecule has 4 N–H and O–H groups in total. The summed E-state index contributed by atoms with van der Waals surface area (Å²) in [4.78, 5) is 40.5. The number of aliphatic hydroxyl groups excluding tert-OH is 1. The Morgan fingerprint density at radius 3 is 2.65 bits per heavy atom. The molecule has 188 valence electrons. The van der Waals surface area contributed by atoms with Crippen molar-refractivity contribution in [1.82, 2.24) is 10.2 Å². The van der Waals surface area contributed by atoms with Gasteiger partial charge in [0, 0.05) is 37.9 Å². The van der Waals surface area contributed by atoms with Crippen molar-refractivity contribution < 1.29 is 34.1 Å². The molecule has 1 saturated carbocycles. The quantitative estimate of drug-likeness (QED) is 0.315. The number of hydrogen-bond donors (Lipinski definition) is 4. The van der Waals surface area contributed by atoms with Gasteiger partial charge in [-0.1, -0.05) is 25.3 Å². The van der Waals surface area contributed by atoms with Crippen LogP contribution in [0.2, 0.25) is 0 Å². The van der Waals surface area contributed by atoms with E-state index >= 15 is 0 Å². The standard InChI is InChI=1S/C24H35N3O7/c1-33-23(31)20-14-19(34-12-6-11-28)15-27(20)22(30)21(16-7-3-2-4-8-16)26-24(32)25-17-9-5-10-18(29)13-17/h5,9-10,13,16,19-21,28-29H,2-4,6-8,11-12,14-15H2,1H3,(H2,25,26,32). The van der Waals surface area contributed by atoms with Crippen LogP contribution in [0.25, 0.3) is 0 Å². The van der Waals surface area contributed by atoms with Gasteiger partial charge in [0.05, 0.1) is 13.2 Å². The van der Waals surface area contributed by atoms with Gasteiger partial charge in [0.25, 0.3) is 0 Å². The molecule has 2 fully saturated rings. The molecule has 1 aromatic carbocycles. The monoisotopic (exact) mass is 477 g/mol. The number of anilines is 1. The Morgan fingerprint density at radius 1 is 1.21 bits per heavy atom. The number of esters is 1. The van der Waals surface area contributed by atoms with Crippen molar-refractivity contribution in [3.05, 3.63) is 24.3 Å². The van der Waals surface area contributed by atoms with Crippen molar-refractivity contribution in [2.24, 2.45) is 5.92 Å². The Balaban J connectivity index is 1.75. The highest BCUT2D eigenvalue weighted by molar-refractivity contribution is 5.95. The van der Waals surface area contributed by atoms with E-state index in [-0.39, 0.29) is 36.8 Å². The van der Waals surface area contributed by atoms with Crippen LogP contribution < -0.4 is 10.6 Å². The number of rotatable bonds is 9. The molecule has 1 aliphatic carbocycles. The first-order valence-electron chi connectivity index (χ1n) is 11.9. The van der Waals surface area contributed by atoms with Gasteiger partial charge in [0.15, 0.2) is 0 Å². The van der Waals surface area contributed by atoms with E-state index in [9.17, 15) is 19.5 Å². The van der Waals surface area contributed by atoms with Crippen molar-refractivity contribution in [2.45, 2.75) is 63.1 Å². The molecular formula is C24H35N3O7. The number of urea groups is 1. The first-order chi connectivity index (χ1) is 16.4. The topological polar surface area (TPSA) is 137 Å². The van der Waals surface area contributed by atoms with Crippen molar-refractivity contribution in [2.75, 3.05) is 32.2 Å². The Kier molecular flexibility index (Phi) is 9.52. The molecule has 1 aromatic rings. The lowest BCUT2D eigenvalue weighted by atomic mass is 9.83. The highest BCUT2D eigenvalue weighted by atomic mass is 16.5. The number of phenolic OH excluding ortho intramolecular Hbond substituents is 1. The number of ether oxygens (including phenoxy) is 2. The summed E-state index contributed by atoms with van der Waals surface area (Å²) in [6, 6.07) is 4.00. The fraction of sp³-hybridized carbons (Fsp3) is 0.625. The molecule has 1 saturated heterocycles. The zero-order valence-electron chi connectivity index (χ0n) is 19.6. The van der Waals surface area contributed by atoms with Crippen LogP contribution in [0.1, 0.15) is 44.9 Å².